The van der Waals surface area contributed by atoms with E-state index < -0.39 is 0 Å². The Kier molecular flexibility index (Phi) is 5.96. The Hall–Kier alpha value is -3.77. The molecule has 4 rings (SSSR count). The van der Waals surface area contributed by atoms with Crippen LogP contribution >= 0.6 is 12.2 Å². The molecule has 1 aromatic heterocycles. The third kappa shape index (κ3) is 4.45. The maximum atomic E-state index is 5.01. The summed E-state index contributed by atoms with van der Waals surface area (Å²) >= 11 is 5.01. The molecule has 0 atom stereocenters. The Morgan fingerprint density at radius 1 is 0.900 bits per heavy atom. The van der Waals surface area contributed by atoms with Crippen LogP contribution in [0.4, 0.5) is 0 Å². The molecular formula is C24H21N5S. The topological polar surface area (TPSA) is 54.2 Å². The molecule has 0 amide bonds. The van der Waals surface area contributed by atoms with Crippen molar-refractivity contribution in [1.82, 2.24) is 20.5 Å². The van der Waals surface area contributed by atoms with Crippen LogP contribution in [0.25, 0.3) is 28.2 Å². The van der Waals surface area contributed by atoms with E-state index in [-0.39, 0.29) is 0 Å². The van der Waals surface area contributed by atoms with Gasteiger partial charge in [-0.2, -0.15) is 10.2 Å². The number of nitrogens with zero attached hydrogens (tertiary/aromatic N) is 3. The van der Waals surface area contributed by atoms with E-state index in [2.05, 4.69) is 46.2 Å². The SMILES string of the molecule is CNC(=S)N/N=C/c1ccc(-n2nc(-c3ccccc3)cc2-c2ccccc2)cc1. The molecule has 30 heavy (non-hydrogen) atoms. The lowest BCUT2D eigenvalue weighted by atomic mass is 10.1. The van der Waals surface area contributed by atoms with Crippen LogP contribution in [0.15, 0.2) is 96.1 Å². The smallest absolute Gasteiger partial charge is 0.186 e. The molecular weight excluding hydrogens is 390 g/mol. The van der Waals surface area contributed by atoms with Crippen molar-refractivity contribution in [2.24, 2.45) is 5.10 Å². The van der Waals surface area contributed by atoms with E-state index in [0.717, 1.165) is 33.8 Å². The largest absolute Gasteiger partial charge is 0.364 e. The first kappa shape index (κ1) is 19.5. The first-order valence-electron chi connectivity index (χ1n) is 9.57. The highest BCUT2D eigenvalue weighted by Gasteiger charge is 2.12. The molecule has 0 aliphatic carbocycles. The molecule has 0 spiro atoms. The van der Waals surface area contributed by atoms with Crippen molar-refractivity contribution in [3.05, 3.63) is 96.6 Å². The van der Waals surface area contributed by atoms with E-state index in [9.17, 15) is 0 Å². The summed E-state index contributed by atoms with van der Waals surface area (Å²) in [7, 11) is 1.75. The molecule has 5 nitrogen and oxygen atoms in total. The van der Waals surface area contributed by atoms with Crippen molar-refractivity contribution in [2.75, 3.05) is 7.05 Å². The quantitative estimate of drug-likeness (QED) is 0.286. The molecule has 3 aromatic carbocycles. The minimum Gasteiger partial charge on any atom is -0.364 e. The minimum absolute atomic E-state index is 0.473. The second kappa shape index (κ2) is 9.15. The number of aromatic nitrogens is 2. The average Bonchev–Trinajstić information content (AvgIpc) is 3.26. The van der Waals surface area contributed by atoms with Crippen LogP contribution in [0.1, 0.15) is 5.56 Å². The van der Waals surface area contributed by atoms with Crippen molar-refractivity contribution >= 4 is 23.5 Å². The van der Waals surface area contributed by atoms with Gasteiger partial charge in [-0.3, -0.25) is 5.43 Å². The van der Waals surface area contributed by atoms with Crippen molar-refractivity contribution in [2.45, 2.75) is 0 Å². The predicted molar refractivity (Wildman–Crippen MR) is 127 cm³/mol. The van der Waals surface area contributed by atoms with Gasteiger partial charge in [0.05, 0.1) is 23.3 Å². The maximum Gasteiger partial charge on any atom is 0.186 e. The molecule has 6 heteroatoms. The van der Waals surface area contributed by atoms with Gasteiger partial charge in [0, 0.05) is 18.2 Å². The van der Waals surface area contributed by atoms with Gasteiger partial charge in [0.2, 0.25) is 0 Å². The third-order valence-electron chi connectivity index (χ3n) is 4.59. The van der Waals surface area contributed by atoms with Crippen molar-refractivity contribution in [3.8, 4) is 28.2 Å². The third-order valence-corrected chi connectivity index (χ3v) is 4.89. The first-order valence-corrected chi connectivity index (χ1v) is 9.97. The second-order valence-corrected chi connectivity index (χ2v) is 7.01. The monoisotopic (exact) mass is 411 g/mol. The first-order chi connectivity index (χ1) is 14.7. The Labute approximate surface area is 181 Å². The fourth-order valence-electron chi connectivity index (χ4n) is 3.07. The number of hydrazone groups is 1. The normalized spacial score (nSPS) is 10.8. The van der Waals surface area contributed by atoms with Crippen molar-refractivity contribution in [1.29, 1.82) is 0 Å². The number of thiocarbonyl (C=S) groups is 1. The van der Waals surface area contributed by atoms with E-state index in [1.807, 2.05) is 65.3 Å². The molecule has 0 aliphatic heterocycles. The van der Waals surface area contributed by atoms with Crippen LogP contribution in [-0.2, 0) is 0 Å². The summed E-state index contributed by atoms with van der Waals surface area (Å²) in [5.74, 6) is 0. The Morgan fingerprint density at radius 3 is 2.17 bits per heavy atom. The zero-order valence-electron chi connectivity index (χ0n) is 16.5. The van der Waals surface area contributed by atoms with Gasteiger partial charge in [-0.05, 0) is 36.0 Å². The Balaban J connectivity index is 1.69. The molecule has 0 unspecified atom stereocenters. The van der Waals surface area contributed by atoms with Crippen molar-refractivity contribution < 1.29 is 0 Å². The summed E-state index contributed by atoms with van der Waals surface area (Å²) in [6.45, 7) is 0. The molecule has 0 bridgehead atoms. The van der Waals surface area contributed by atoms with Crippen LogP contribution in [0, 0.1) is 0 Å². The fraction of sp³-hybridized carbons (Fsp3) is 0.0417. The van der Waals surface area contributed by atoms with Gasteiger partial charge in [0.15, 0.2) is 5.11 Å². The van der Waals surface area contributed by atoms with Gasteiger partial charge in [0.1, 0.15) is 0 Å². The van der Waals surface area contributed by atoms with E-state index in [4.69, 9.17) is 17.3 Å². The molecule has 148 valence electrons. The Bertz CT molecular complexity index is 1150. The second-order valence-electron chi connectivity index (χ2n) is 6.60. The molecule has 0 saturated carbocycles. The lowest BCUT2D eigenvalue weighted by molar-refractivity contribution is 0.892. The van der Waals surface area contributed by atoms with Gasteiger partial charge < -0.3 is 5.32 Å². The van der Waals surface area contributed by atoms with E-state index in [0.29, 0.717) is 5.11 Å². The molecule has 0 radical (unpaired) electrons. The highest BCUT2D eigenvalue weighted by atomic mass is 32.1. The van der Waals surface area contributed by atoms with Crippen LogP contribution in [0.2, 0.25) is 0 Å². The summed E-state index contributed by atoms with van der Waals surface area (Å²) in [5, 5.41) is 12.3. The number of hydrogen-bond acceptors (Lipinski definition) is 3. The highest BCUT2D eigenvalue weighted by Crippen LogP contribution is 2.28. The van der Waals surface area contributed by atoms with Gasteiger partial charge in [-0.15, -0.1) is 0 Å². The van der Waals surface area contributed by atoms with Crippen LogP contribution in [0.3, 0.4) is 0 Å². The number of hydrogen-bond donors (Lipinski definition) is 2. The lowest BCUT2D eigenvalue weighted by Gasteiger charge is -2.08. The average molecular weight is 412 g/mol. The van der Waals surface area contributed by atoms with E-state index in [1.54, 1.807) is 13.3 Å². The van der Waals surface area contributed by atoms with Crippen LogP contribution < -0.4 is 10.7 Å². The zero-order valence-corrected chi connectivity index (χ0v) is 17.3. The molecule has 2 N–H and O–H groups in total. The highest BCUT2D eigenvalue weighted by molar-refractivity contribution is 7.80. The number of rotatable bonds is 5. The molecule has 1 heterocycles. The van der Waals surface area contributed by atoms with Crippen LogP contribution in [0.5, 0.6) is 0 Å². The summed E-state index contributed by atoms with van der Waals surface area (Å²) in [4.78, 5) is 0. The molecule has 0 aliphatic rings. The van der Waals surface area contributed by atoms with Crippen molar-refractivity contribution in [3.63, 3.8) is 0 Å². The van der Waals surface area contributed by atoms with Crippen LogP contribution in [-0.4, -0.2) is 28.2 Å². The summed E-state index contributed by atoms with van der Waals surface area (Å²) in [6.07, 6.45) is 1.73. The molecule has 0 saturated heterocycles. The summed E-state index contributed by atoms with van der Waals surface area (Å²) in [6, 6.07) is 30.7. The lowest BCUT2D eigenvalue weighted by Crippen LogP contribution is -2.28. The number of benzene rings is 3. The maximum absolute atomic E-state index is 5.01. The molecule has 0 fully saturated rings. The number of nitrogens with one attached hydrogen (secondary N) is 2. The summed E-state index contributed by atoms with van der Waals surface area (Å²) in [5.41, 5.74) is 8.86. The van der Waals surface area contributed by atoms with E-state index in [1.165, 1.54) is 0 Å². The minimum atomic E-state index is 0.473. The fourth-order valence-corrected chi connectivity index (χ4v) is 3.12. The summed E-state index contributed by atoms with van der Waals surface area (Å²) < 4.78 is 1.98. The van der Waals surface area contributed by atoms with Gasteiger partial charge >= 0.3 is 0 Å². The van der Waals surface area contributed by atoms with Gasteiger partial charge in [-0.1, -0.05) is 72.8 Å². The standard InChI is InChI=1S/C24H21N5S/c1-25-24(30)27-26-17-18-12-14-21(15-13-18)29-23(20-10-6-3-7-11-20)16-22(28-29)19-8-4-2-5-9-19/h2-17H,1H3,(H2,25,27,30)/b26-17+. The molecule has 4 aromatic rings. The van der Waals surface area contributed by atoms with Gasteiger partial charge in [0.25, 0.3) is 0 Å². The zero-order chi connectivity index (χ0) is 20.8. The predicted octanol–water partition coefficient (Wildman–Crippen LogP) is 4.63. The van der Waals surface area contributed by atoms with E-state index >= 15 is 0 Å². The Morgan fingerprint density at radius 2 is 1.53 bits per heavy atom. The van der Waals surface area contributed by atoms with Gasteiger partial charge in [-0.25, -0.2) is 4.68 Å².